The summed E-state index contributed by atoms with van der Waals surface area (Å²) in [5.74, 6) is -2.51. The number of benzene rings is 2. The normalized spacial score (nSPS) is 10.7. The first-order chi connectivity index (χ1) is 11.9. The minimum absolute atomic E-state index is 0.0648. The number of halogens is 2. The lowest BCUT2D eigenvalue weighted by Gasteiger charge is -2.10. The molecule has 2 aromatic carbocycles. The van der Waals surface area contributed by atoms with E-state index in [1.54, 1.807) is 29.2 Å². The molecule has 0 spiro atoms. The Balaban J connectivity index is 1.74. The molecule has 0 saturated carbocycles. The first-order valence-corrected chi connectivity index (χ1v) is 9.09. The highest BCUT2D eigenvalue weighted by atomic mass is 32.2. The van der Waals surface area contributed by atoms with Crippen molar-refractivity contribution in [3.63, 3.8) is 0 Å². The number of hydrogen-bond acceptors (Lipinski definition) is 4. The molecule has 128 valence electrons. The van der Waals surface area contributed by atoms with E-state index in [2.05, 4.69) is 10.3 Å². The summed E-state index contributed by atoms with van der Waals surface area (Å²) in [6.07, 6.45) is 0. The number of hydrogen-bond donors (Lipinski definition) is 1. The summed E-state index contributed by atoms with van der Waals surface area (Å²) in [6, 6.07) is 8.69. The van der Waals surface area contributed by atoms with E-state index in [0.29, 0.717) is 5.69 Å². The summed E-state index contributed by atoms with van der Waals surface area (Å²) in [5.41, 5.74) is 2.54. The van der Waals surface area contributed by atoms with Crippen molar-refractivity contribution in [3.05, 3.63) is 70.2 Å². The van der Waals surface area contributed by atoms with Crippen molar-refractivity contribution in [2.75, 3.05) is 5.32 Å². The van der Waals surface area contributed by atoms with Crippen LogP contribution in [0.3, 0.4) is 0 Å². The Labute approximate surface area is 152 Å². The van der Waals surface area contributed by atoms with Crippen LogP contribution in [-0.4, -0.2) is 10.9 Å². The van der Waals surface area contributed by atoms with Gasteiger partial charge in [0, 0.05) is 27.2 Å². The number of rotatable bonds is 4. The van der Waals surface area contributed by atoms with Crippen LogP contribution in [0.1, 0.15) is 21.6 Å². The summed E-state index contributed by atoms with van der Waals surface area (Å²) in [4.78, 5) is 17.6. The molecule has 3 aromatic rings. The Kier molecular flexibility index (Phi) is 5.15. The average molecular weight is 376 g/mol. The van der Waals surface area contributed by atoms with Crippen molar-refractivity contribution in [3.8, 4) is 0 Å². The Bertz CT molecular complexity index is 941. The van der Waals surface area contributed by atoms with E-state index in [4.69, 9.17) is 0 Å². The zero-order chi connectivity index (χ0) is 18.0. The van der Waals surface area contributed by atoms with Gasteiger partial charge in [-0.3, -0.25) is 4.79 Å². The van der Waals surface area contributed by atoms with Crippen LogP contribution in [0.5, 0.6) is 0 Å². The number of aromatic nitrogens is 1. The maximum Gasteiger partial charge on any atom is 0.255 e. The van der Waals surface area contributed by atoms with E-state index < -0.39 is 17.5 Å². The van der Waals surface area contributed by atoms with E-state index in [9.17, 15) is 13.6 Å². The van der Waals surface area contributed by atoms with Gasteiger partial charge in [-0.05, 0) is 55.8 Å². The van der Waals surface area contributed by atoms with Crippen molar-refractivity contribution in [1.29, 1.82) is 0 Å². The largest absolute Gasteiger partial charge is 0.322 e. The van der Waals surface area contributed by atoms with Crippen LogP contribution >= 0.6 is 23.1 Å². The number of nitrogens with one attached hydrogen (secondary N) is 1. The molecule has 25 heavy (non-hydrogen) atoms. The maximum absolute atomic E-state index is 13.3. The minimum Gasteiger partial charge on any atom is -0.322 e. The molecule has 0 fully saturated rings. The topological polar surface area (TPSA) is 42.0 Å². The smallest absolute Gasteiger partial charge is 0.255 e. The molecule has 1 aromatic heterocycles. The molecule has 0 aliphatic carbocycles. The predicted octanol–water partition coefficient (Wildman–Crippen LogP) is 5.44. The van der Waals surface area contributed by atoms with Gasteiger partial charge in [0.2, 0.25) is 0 Å². The highest BCUT2D eigenvalue weighted by molar-refractivity contribution is 8.01. The molecule has 0 bridgehead atoms. The number of thiazole rings is 1. The molecular weight excluding hydrogens is 362 g/mol. The number of aryl methyl sites for hydroxylation is 2. The van der Waals surface area contributed by atoms with Gasteiger partial charge in [0.15, 0.2) is 16.0 Å². The third kappa shape index (κ3) is 4.24. The fourth-order valence-electron chi connectivity index (χ4n) is 2.15. The second-order valence-electron chi connectivity index (χ2n) is 5.42. The van der Waals surface area contributed by atoms with Gasteiger partial charge >= 0.3 is 0 Å². The summed E-state index contributed by atoms with van der Waals surface area (Å²) < 4.78 is 27.2. The first kappa shape index (κ1) is 17.6. The monoisotopic (exact) mass is 376 g/mol. The predicted molar refractivity (Wildman–Crippen MR) is 96.5 cm³/mol. The van der Waals surface area contributed by atoms with E-state index in [1.807, 2.05) is 31.4 Å². The van der Waals surface area contributed by atoms with E-state index in [-0.39, 0.29) is 5.56 Å². The van der Waals surface area contributed by atoms with Gasteiger partial charge < -0.3 is 5.32 Å². The number of nitrogens with zero attached hydrogens (tertiary/aromatic N) is 1. The molecule has 0 aliphatic heterocycles. The Morgan fingerprint density at radius 2 is 1.92 bits per heavy atom. The standard InChI is InChI=1S/C18H14F2N2OS2/c1-10-7-13(25-18-21-11(2)9-24-18)4-6-16(10)22-17(23)12-3-5-14(19)15(20)8-12/h3-9H,1-2H3,(H,22,23). The molecule has 1 amide bonds. The van der Waals surface area contributed by atoms with Gasteiger partial charge in [0.25, 0.3) is 5.91 Å². The van der Waals surface area contributed by atoms with Crippen molar-refractivity contribution >= 4 is 34.7 Å². The molecule has 7 heteroatoms. The summed E-state index contributed by atoms with van der Waals surface area (Å²) in [6.45, 7) is 3.82. The molecular formula is C18H14F2N2OS2. The lowest BCUT2D eigenvalue weighted by molar-refractivity contribution is 0.102. The number of anilines is 1. The quantitative estimate of drug-likeness (QED) is 0.659. The minimum atomic E-state index is -1.05. The van der Waals surface area contributed by atoms with E-state index in [1.165, 1.54) is 6.07 Å². The van der Waals surface area contributed by atoms with Crippen LogP contribution < -0.4 is 5.32 Å². The Hall–Kier alpha value is -2.25. The fraction of sp³-hybridized carbons (Fsp3) is 0.111. The molecule has 1 N–H and O–H groups in total. The zero-order valence-corrected chi connectivity index (χ0v) is 15.1. The zero-order valence-electron chi connectivity index (χ0n) is 13.5. The molecule has 0 atom stereocenters. The highest BCUT2D eigenvalue weighted by Gasteiger charge is 2.12. The van der Waals surface area contributed by atoms with Crippen molar-refractivity contribution in [2.45, 2.75) is 23.1 Å². The summed E-state index contributed by atoms with van der Waals surface area (Å²) >= 11 is 3.13. The first-order valence-electron chi connectivity index (χ1n) is 7.39. The fourth-order valence-corrected chi connectivity index (χ4v) is 4.06. The molecule has 0 aliphatic rings. The molecule has 3 nitrogen and oxygen atoms in total. The number of carbonyl (C=O) groups is 1. The van der Waals surface area contributed by atoms with Gasteiger partial charge in [-0.25, -0.2) is 13.8 Å². The highest BCUT2D eigenvalue weighted by Crippen LogP contribution is 2.32. The summed E-state index contributed by atoms with van der Waals surface area (Å²) in [5, 5.41) is 4.71. The van der Waals surface area contributed by atoms with Gasteiger partial charge in [0.05, 0.1) is 0 Å². The summed E-state index contributed by atoms with van der Waals surface area (Å²) in [7, 11) is 0. The second kappa shape index (κ2) is 7.33. The van der Waals surface area contributed by atoms with Crippen LogP contribution in [-0.2, 0) is 0 Å². The van der Waals surface area contributed by atoms with Crippen molar-refractivity contribution < 1.29 is 13.6 Å². The maximum atomic E-state index is 13.3. The van der Waals surface area contributed by atoms with Crippen molar-refractivity contribution in [2.24, 2.45) is 0 Å². The van der Waals surface area contributed by atoms with Gasteiger partial charge in [0.1, 0.15) is 0 Å². The van der Waals surface area contributed by atoms with Gasteiger partial charge in [-0.2, -0.15) is 0 Å². The Morgan fingerprint density at radius 1 is 1.12 bits per heavy atom. The third-order valence-electron chi connectivity index (χ3n) is 3.43. The van der Waals surface area contributed by atoms with Gasteiger partial charge in [-0.1, -0.05) is 11.8 Å². The molecule has 1 heterocycles. The van der Waals surface area contributed by atoms with Gasteiger partial charge in [-0.15, -0.1) is 11.3 Å². The lowest BCUT2D eigenvalue weighted by atomic mass is 10.1. The SMILES string of the molecule is Cc1csc(Sc2ccc(NC(=O)c3ccc(F)c(F)c3)c(C)c2)n1. The number of amides is 1. The second-order valence-corrected chi connectivity index (χ2v) is 7.60. The lowest BCUT2D eigenvalue weighted by Crippen LogP contribution is -2.13. The van der Waals surface area contributed by atoms with Crippen LogP contribution in [0.4, 0.5) is 14.5 Å². The number of carbonyl (C=O) groups excluding carboxylic acids is 1. The van der Waals surface area contributed by atoms with E-state index >= 15 is 0 Å². The molecule has 3 rings (SSSR count). The van der Waals surface area contributed by atoms with Crippen LogP contribution in [0.15, 0.2) is 51.0 Å². The molecule has 0 saturated heterocycles. The Morgan fingerprint density at radius 3 is 2.56 bits per heavy atom. The van der Waals surface area contributed by atoms with Crippen LogP contribution in [0, 0.1) is 25.5 Å². The molecule has 0 radical (unpaired) electrons. The average Bonchev–Trinajstić information content (AvgIpc) is 2.97. The van der Waals surface area contributed by atoms with Crippen molar-refractivity contribution in [1.82, 2.24) is 4.98 Å². The van der Waals surface area contributed by atoms with Crippen LogP contribution in [0.2, 0.25) is 0 Å². The van der Waals surface area contributed by atoms with Crippen LogP contribution in [0.25, 0.3) is 0 Å². The molecule has 0 unspecified atom stereocenters. The third-order valence-corrected chi connectivity index (χ3v) is 5.48. The van der Waals surface area contributed by atoms with E-state index in [0.717, 1.165) is 32.6 Å².